The van der Waals surface area contributed by atoms with Gasteiger partial charge in [0.1, 0.15) is 17.3 Å². The zero-order valence-electron chi connectivity index (χ0n) is 14.9. The smallest absolute Gasteiger partial charge is 0.383 e. The van der Waals surface area contributed by atoms with Gasteiger partial charge in [0.2, 0.25) is 0 Å². The first kappa shape index (κ1) is 18.7. The van der Waals surface area contributed by atoms with Gasteiger partial charge in [-0.2, -0.15) is 18.3 Å². The van der Waals surface area contributed by atoms with Crippen molar-refractivity contribution in [3.05, 3.63) is 84.4 Å². The average Bonchev–Trinajstić information content (AvgIpc) is 3.06. The molecule has 4 nitrogen and oxygen atoms in total. The van der Waals surface area contributed by atoms with Crippen molar-refractivity contribution < 1.29 is 17.6 Å². The number of halogens is 4. The second kappa shape index (κ2) is 7.05. The lowest BCUT2D eigenvalue weighted by Crippen LogP contribution is -2.06. The van der Waals surface area contributed by atoms with Crippen LogP contribution < -0.4 is 5.73 Å². The fourth-order valence-corrected chi connectivity index (χ4v) is 3.03. The van der Waals surface area contributed by atoms with Gasteiger partial charge in [0.05, 0.1) is 16.8 Å². The third-order valence-electron chi connectivity index (χ3n) is 4.45. The number of nitrogens with zero attached hydrogens (tertiary/aromatic N) is 3. The summed E-state index contributed by atoms with van der Waals surface area (Å²) < 4.78 is 53.3. The van der Waals surface area contributed by atoms with Crippen molar-refractivity contribution in [1.82, 2.24) is 14.8 Å². The Hall–Kier alpha value is -3.68. The van der Waals surface area contributed by atoms with Crippen LogP contribution in [0.3, 0.4) is 0 Å². The quantitative estimate of drug-likeness (QED) is 0.474. The molecule has 0 fully saturated rings. The molecule has 29 heavy (non-hydrogen) atoms. The number of alkyl halides is 3. The van der Waals surface area contributed by atoms with E-state index in [0.29, 0.717) is 22.5 Å². The number of benzene rings is 2. The molecule has 4 aromatic rings. The summed E-state index contributed by atoms with van der Waals surface area (Å²) in [5, 5.41) is 4.53. The fourth-order valence-electron chi connectivity index (χ4n) is 3.03. The van der Waals surface area contributed by atoms with Crippen LogP contribution in [-0.2, 0) is 6.18 Å². The molecular weight excluding hydrogens is 384 g/mol. The molecule has 0 spiro atoms. The van der Waals surface area contributed by atoms with E-state index in [1.807, 2.05) is 0 Å². The standard InChI is InChI=1S/C21H14F4N4/c22-16-5-1-13(2-6-16)18-19(14-9-11-27-12-10-14)28-29(20(18)26)17-7-3-15(4-8-17)21(23,24)25/h1-12H,26H2. The molecule has 0 saturated carbocycles. The fraction of sp³-hybridized carbons (Fsp3) is 0.0476. The van der Waals surface area contributed by atoms with E-state index in [9.17, 15) is 17.6 Å². The van der Waals surface area contributed by atoms with Crippen LogP contribution in [0.15, 0.2) is 73.1 Å². The van der Waals surface area contributed by atoms with Crippen LogP contribution in [0.4, 0.5) is 23.4 Å². The van der Waals surface area contributed by atoms with Crippen LogP contribution in [0.2, 0.25) is 0 Å². The number of rotatable bonds is 3. The van der Waals surface area contributed by atoms with Crippen molar-refractivity contribution in [3.63, 3.8) is 0 Å². The number of anilines is 1. The average molecular weight is 398 g/mol. The molecule has 0 unspecified atom stereocenters. The number of nitrogen functional groups attached to an aromatic ring is 1. The lowest BCUT2D eigenvalue weighted by atomic mass is 10.0. The predicted octanol–water partition coefficient (Wildman–Crippen LogP) is 5.34. The summed E-state index contributed by atoms with van der Waals surface area (Å²) in [5.41, 5.74) is 8.36. The molecule has 2 heterocycles. The van der Waals surface area contributed by atoms with Crippen molar-refractivity contribution in [2.24, 2.45) is 0 Å². The van der Waals surface area contributed by atoms with Crippen LogP contribution in [0.25, 0.3) is 28.1 Å². The molecule has 0 atom stereocenters. The van der Waals surface area contributed by atoms with Crippen molar-refractivity contribution >= 4 is 5.82 Å². The molecule has 2 aromatic heterocycles. The second-order valence-corrected chi connectivity index (χ2v) is 6.31. The minimum absolute atomic E-state index is 0.225. The van der Waals surface area contributed by atoms with Gasteiger partial charge in [0, 0.05) is 18.0 Å². The first-order valence-electron chi connectivity index (χ1n) is 8.57. The van der Waals surface area contributed by atoms with Crippen LogP contribution in [-0.4, -0.2) is 14.8 Å². The van der Waals surface area contributed by atoms with E-state index in [1.54, 1.807) is 36.7 Å². The predicted molar refractivity (Wildman–Crippen MR) is 102 cm³/mol. The van der Waals surface area contributed by atoms with Crippen LogP contribution >= 0.6 is 0 Å². The molecule has 4 rings (SSSR count). The van der Waals surface area contributed by atoms with Crippen molar-refractivity contribution in [3.8, 4) is 28.1 Å². The summed E-state index contributed by atoms with van der Waals surface area (Å²) in [4.78, 5) is 3.98. The van der Waals surface area contributed by atoms with E-state index < -0.39 is 17.6 Å². The molecule has 0 saturated heterocycles. The molecule has 2 N–H and O–H groups in total. The summed E-state index contributed by atoms with van der Waals surface area (Å²) >= 11 is 0. The first-order chi connectivity index (χ1) is 13.8. The van der Waals surface area contributed by atoms with Crippen LogP contribution in [0.1, 0.15) is 5.56 Å². The Labute approximate surface area is 163 Å². The maximum Gasteiger partial charge on any atom is 0.416 e. The zero-order chi connectivity index (χ0) is 20.6. The Kier molecular flexibility index (Phi) is 4.54. The van der Waals surface area contributed by atoms with Gasteiger partial charge in [-0.3, -0.25) is 4.98 Å². The van der Waals surface area contributed by atoms with Crippen molar-refractivity contribution in [1.29, 1.82) is 0 Å². The monoisotopic (exact) mass is 398 g/mol. The summed E-state index contributed by atoms with van der Waals surface area (Å²) in [6.07, 6.45) is -1.25. The largest absolute Gasteiger partial charge is 0.416 e. The van der Waals surface area contributed by atoms with E-state index in [1.165, 1.54) is 28.9 Å². The Morgan fingerprint density at radius 2 is 1.41 bits per heavy atom. The van der Waals surface area contributed by atoms with Gasteiger partial charge in [-0.25, -0.2) is 9.07 Å². The molecule has 0 radical (unpaired) electrons. The lowest BCUT2D eigenvalue weighted by molar-refractivity contribution is -0.137. The van der Waals surface area contributed by atoms with Gasteiger partial charge in [-0.15, -0.1) is 0 Å². The van der Waals surface area contributed by atoms with Gasteiger partial charge in [0.15, 0.2) is 0 Å². The Morgan fingerprint density at radius 3 is 2.00 bits per heavy atom. The number of nitrogens with two attached hydrogens (primary N) is 1. The highest BCUT2D eigenvalue weighted by Gasteiger charge is 2.30. The van der Waals surface area contributed by atoms with Gasteiger partial charge in [0.25, 0.3) is 0 Å². The van der Waals surface area contributed by atoms with Gasteiger partial charge < -0.3 is 5.73 Å². The highest BCUT2D eigenvalue weighted by molar-refractivity contribution is 5.88. The Bertz CT molecular complexity index is 1130. The molecular formula is C21H14F4N4. The number of hydrogen-bond donors (Lipinski definition) is 1. The SMILES string of the molecule is Nc1c(-c2ccc(F)cc2)c(-c2ccncc2)nn1-c1ccc(C(F)(F)F)cc1. The summed E-state index contributed by atoms with van der Waals surface area (Å²) in [6, 6.07) is 13.8. The third-order valence-corrected chi connectivity index (χ3v) is 4.45. The maximum atomic E-state index is 13.4. The summed E-state index contributed by atoms with van der Waals surface area (Å²) in [6.45, 7) is 0. The van der Waals surface area contributed by atoms with E-state index in [-0.39, 0.29) is 5.82 Å². The number of hydrogen-bond acceptors (Lipinski definition) is 3. The second-order valence-electron chi connectivity index (χ2n) is 6.31. The minimum atomic E-state index is -4.43. The highest BCUT2D eigenvalue weighted by Crippen LogP contribution is 2.38. The highest BCUT2D eigenvalue weighted by atomic mass is 19.4. The van der Waals surface area contributed by atoms with Gasteiger partial charge in [-0.05, 0) is 54.1 Å². The molecule has 0 aliphatic carbocycles. The Morgan fingerprint density at radius 1 is 0.793 bits per heavy atom. The molecule has 2 aromatic carbocycles. The van der Waals surface area contributed by atoms with Crippen molar-refractivity contribution in [2.75, 3.05) is 5.73 Å². The zero-order valence-corrected chi connectivity index (χ0v) is 14.9. The molecule has 0 aliphatic rings. The molecule has 146 valence electrons. The van der Waals surface area contributed by atoms with E-state index in [0.717, 1.165) is 17.7 Å². The molecule has 0 aliphatic heterocycles. The first-order valence-corrected chi connectivity index (χ1v) is 8.57. The van der Waals surface area contributed by atoms with E-state index in [4.69, 9.17) is 5.73 Å². The van der Waals surface area contributed by atoms with Crippen molar-refractivity contribution in [2.45, 2.75) is 6.18 Å². The topological polar surface area (TPSA) is 56.7 Å². The summed E-state index contributed by atoms with van der Waals surface area (Å²) in [5.74, 6) is -0.170. The van der Waals surface area contributed by atoms with E-state index in [2.05, 4.69) is 10.1 Å². The normalized spacial score (nSPS) is 11.6. The van der Waals surface area contributed by atoms with Gasteiger partial charge in [-0.1, -0.05) is 12.1 Å². The Balaban J connectivity index is 1.89. The van der Waals surface area contributed by atoms with Crippen LogP contribution in [0.5, 0.6) is 0 Å². The minimum Gasteiger partial charge on any atom is -0.383 e. The molecule has 8 heteroatoms. The van der Waals surface area contributed by atoms with Crippen LogP contribution in [0, 0.1) is 5.82 Å². The summed E-state index contributed by atoms with van der Waals surface area (Å²) in [7, 11) is 0. The molecule has 0 amide bonds. The number of aromatic nitrogens is 3. The molecule has 0 bridgehead atoms. The lowest BCUT2D eigenvalue weighted by Gasteiger charge is -2.09. The van der Waals surface area contributed by atoms with Gasteiger partial charge >= 0.3 is 6.18 Å². The third kappa shape index (κ3) is 3.56. The maximum absolute atomic E-state index is 13.4. The van der Waals surface area contributed by atoms with E-state index >= 15 is 0 Å². The number of pyridine rings is 1.